The van der Waals surface area contributed by atoms with Crippen molar-refractivity contribution in [2.75, 3.05) is 13.7 Å². The number of fused-ring (bicyclic) bond motifs is 1. The molecule has 34 heavy (non-hydrogen) atoms. The summed E-state index contributed by atoms with van der Waals surface area (Å²) in [7, 11) is 1.48. The predicted octanol–water partition coefficient (Wildman–Crippen LogP) is 2.20. The van der Waals surface area contributed by atoms with E-state index in [2.05, 4.69) is 5.32 Å². The van der Waals surface area contributed by atoms with Gasteiger partial charge in [0.25, 0.3) is 23.6 Å². The molecule has 4 rings (SSSR count). The highest BCUT2D eigenvalue weighted by molar-refractivity contribution is 6.21. The topological polar surface area (TPSA) is 132 Å². The lowest BCUT2D eigenvalue weighted by Crippen LogP contribution is -2.34. The summed E-state index contributed by atoms with van der Waals surface area (Å²) in [6.07, 6.45) is 1.43. The Kier molecular flexibility index (Phi) is 6.22. The average molecular weight is 462 g/mol. The van der Waals surface area contributed by atoms with Gasteiger partial charge in [-0.05, 0) is 54.6 Å². The maximum Gasteiger partial charge on any atom is 0.338 e. The van der Waals surface area contributed by atoms with Crippen molar-refractivity contribution in [3.8, 4) is 5.75 Å². The number of rotatable bonds is 7. The van der Waals surface area contributed by atoms with E-state index in [1.165, 1.54) is 43.7 Å². The van der Waals surface area contributed by atoms with E-state index in [-0.39, 0.29) is 28.8 Å². The molecule has 0 atom stereocenters. The van der Waals surface area contributed by atoms with E-state index >= 15 is 0 Å². The molecule has 1 aliphatic rings. The lowest BCUT2D eigenvalue weighted by Gasteiger charge is -2.11. The Morgan fingerprint density at radius 3 is 2.32 bits per heavy atom. The van der Waals surface area contributed by atoms with Crippen LogP contribution < -0.4 is 10.1 Å². The smallest absolute Gasteiger partial charge is 0.338 e. The third-order valence-corrected chi connectivity index (χ3v) is 5.04. The third-order valence-electron chi connectivity index (χ3n) is 5.04. The van der Waals surface area contributed by atoms with Gasteiger partial charge in [-0.25, -0.2) is 4.79 Å². The summed E-state index contributed by atoms with van der Waals surface area (Å²) in [4.78, 5) is 62.7. The summed E-state index contributed by atoms with van der Waals surface area (Å²) in [6.45, 7) is -0.753. The molecule has 10 nitrogen and oxygen atoms in total. The van der Waals surface area contributed by atoms with Crippen molar-refractivity contribution in [1.29, 1.82) is 0 Å². The van der Waals surface area contributed by atoms with E-state index in [0.29, 0.717) is 11.5 Å². The first kappa shape index (κ1) is 22.5. The summed E-state index contributed by atoms with van der Waals surface area (Å²) in [5.74, 6) is -2.48. The maximum absolute atomic E-state index is 12.7. The Morgan fingerprint density at radius 1 is 0.941 bits per heavy atom. The Bertz CT molecular complexity index is 1280. The van der Waals surface area contributed by atoms with Crippen LogP contribution in [0, 0.1) is 0 Å². The first-order chi connectivity index (χ1) is 16.4. The zero-order valence-electron chi connectivity index (χ0n) is 17.9. The molecule has 3 aromatic rings. The summed E-state index contributed by atoms with van der Waals surface area (Å²) < 4.78 is 15.1. The second-order valence-electron chi connectivity index (χ2n) is 7.22. The molecule has 4 amide bonds. The standard InChI is InChI=1S/C24H18N2O8/c1-32-16-7-4-14(5-8-16)21(28)25-20(27)13-34-24(31)15-6-9-18-19(11-15)23(30)26(22(18)29)12-17-3-2-10-33-17/h2-11H,12-13H2,1H3,(H,25,27,28). The number of esters is 1. The van der Waals surface area contributed by atoms with Crippen LogP contribution in [-0.4, -0.2) is 48.2 Å². The van der Waals surface area contributed by atoms with Gasteiger partial charge in [0.05, 0.1) is 36.6 Å². The molecule has 172 valence electrons. The van der Waals surface area contributed by atoms with Crippen LogP contribution in [-0.2, 0) is 16.1 Å². The molecule has 0 aliphatic carbocycles. The summed E-state index contributed by atoms with van der Waals surface area (Å²) in [5, 5.41) is 2.11. The number of carbonyl (C=O) groups is 5. The summed E-state index contributed by atoms with van der Waals surface area (Å²) in [5.41, 5.74) is 0.400. The van der Waals surface area contributed by atoms with E-state index in [9.17, 15) is 24.0 Å². The highest BCUT2D eigenvalue weighted by Gasteiger charge is 2.36. The van der Waals surface area contributed by atoms with Crippen molar-refractivity contribution in [1.82, 2.24) is 10.2 Å². The predicted molar refractivity (Wildman–Crippen MR) is 115 cm³/mol. The molecule has 0 saturated carbocycles. The number of carbonyl (C=O) groups excluding carboxylic acids is 5. The second kappa shape index (κ2) is 9.41. The van der Waals surface area contributed by atoms with Crippen LogP contribution in [0.15, 0.2) is 65.3 Å². The van der Waals surface area contributed by atoms with Gasteiger partial charge in [-0.3, -0.25) is 29.4 Å². The molecular formula is C24H18N2O8. The molecule has 0 fully saturated rings. The molecule has 0 spiro atoms. The largest absolute Gasteiger partial charge is 0.497 e. The fraction of sp³-hybridized carbons (Fsp3) is 0.125. The van der Waals surface area contributed by atoms with Crippen LogP contribution in [0.5, 0.6) is 5.75 Å². The minimum atomic E-state index is -0.889. The first-order valence-electron chi connectivity index (χ1n) is 10.1. The minimum absolute atomic E-state index is 0.0194. The number of hydrogen-bond acceptors (Lipinski definition) is 8. The lowest BCUT2D eigenvalue weighted by atomic mass is 10.1. The second-order valence-corrected chi connectivity index (χ2v) is 7.22. The van der Waals surface area contributed by atoms with Gasteiger partial charge >= 0.3 is 5.97 Å². The van der Waals surface area contributed by atoms with Crippen LogP contribution in [0.1, 0.15) is 47.2 Å². The zero-order chi connectivity index (χ0) is 24.2. The van der Waals surface area contributed by atoms with Crippen molar-refractivity contribution in [3.63, 3.8) is 0 Å². The van der Waals surface area contributed by atoms with E-state index in [4.69, 9.17) is 13.9 Å². The van der Waals surface area contributed by atoms with Crippen LogP contribution in [0.3, 0.4) is 0 Å². The van der Waals surface area contributed by atoms with Crippen LogP contribution in [0.25, 0.3) is 0 Å². The molecule has 1 aliphatic heterocycles. The first-order valence-corrected chi connectivity index (χ1v) is 10.1. The fourth-order valence-electron chi connectivity index (χ4n) is 3.31. The van der Waals surface area contributed by atoms with Gasteiger partial charge in [-0.15, -0.1) is 0 Å². The number of ether oxygens (including phenoxy) is 2. The minimum Gasteiger partial charge on any atom is -0.497 e. The van der Waals surface area contributed by atoms with E-state index in [1.807, 2.05) is 0 Å². The number of nitrogens with one attached hydrogen (secondary N) is 1. The van der Waals surface area contributed by atoms with Crippen molar-refractivity contribution in [3.05, 3.63) is 88.9 Å². The molecule has 2 aromatic carbocycles. The monoisotopic (exact) mass is 462 g/mol. The number of furan rings is 1. The summed E-state index contributed by atoms with van der Waals surface area (Å²) >= 11 is 0. The number of nitrogens with zero attached hydrogens (tertiary/aromatic N) is 1. The number of methoxy groups -OCH3 is 1. The van der Waals surface area contributed by atoms with Gasteiger partial charge in [-0.1, -0.05) is 0 Å². The highest BCUT2D eigenvalue weighted by atomic mass is 16.5. The van der Waals surface area contributed by atoms with Crippen molar-refractivity contribution < 1.29 is 37.9 Å². The molecule has 0 radical (unpaired) electrons. The quantitative estimate of drug-likeness (QED) is 0.417. The third kappa shape index (κ3) is 4.56. The highest BCUT2D eigenvalue weighted by Crippen LogP contribution is 2.26. The number of amides is 4. The Balaban J connectivity index is 1.35. The van der Waals surface area contributed by atoms with Crippen LogP contribution in [0.4, 0.5) is 0 Å². The fourth-order valence-corrected chi connectivity index (χ4v) is 3.31. The van der Waals surface area contributed by atoms with Gasteiger partial charge in [0.2, 0.25) is 0 Å². The Labute approximate surface area is 193 Å². The SMILES string of the molecule is COc1ccc(C(=O)NC(=O)COC(=O)c2ccc3c(c2)C(=O)N(Cc2ccco2)C3=O)cc1. The van der Waals surface area contributed by atoms with Crippen LogP contribution >= 0.6 is 0 Å². The van der Waals surface area contributed by atoms with Crippen molar-refractivity contribution in [2.45, 2.75) is 6.54 Å². The lowest BCUT2D eigenvalue weighted by molar-refractivity contribution is -0.123. The van der Waals surface area contributed by atoms with E-state index in [1.54, 1.807) is 24.3 Å². The van der Waals surface area contributed by atoms with E-state index < -0.39 is 36.2 Å². The van der Waals surface area contributed by atoms with Gasteiger partial charge in [0.1, 0.15) is 11.5 Å². The summed E-state index contributed by atoms with van der Waals surface area (Å²) in [6, 6.07) is 13.3. The molecule has 0 bridgehead atoms. The maximum atomic E-state index is 12.7. The number of imide groups is 2. The van der Waals surface area contributed by atoms with E-state index in [0.717, 1.165) is 4.90 Å². The molecule has 1 aromatic heterocycles. The Morgan fingerprint density at radius 2 is 1.65 bits per heavy atom. The number of hydrogen-bond donors (Lipinski definition) is 1. The molecule has 0 saturated heterocycles. The van der Waals surface area contributed by atoms with Gasteiger partial charge in [0.15, 0.2) is 6.61 Å². The van der Waals surface area contributed by atoms with Gasteiger partial charge < -0.3 is 13.9 Å². The molecular weight excluding hydrogens is 444 g/mol. The Hall–Kier alpha value is -4.73. The zero-order valence-corrected chi connectivity index (χ0v) is 17.9. The van der Waals surface area contributed by atoms with Gasteiger partial charge in [-0.2, -0.15) is 0 Å². The van der Waals surface area contributed by atoms with Crippen molar-refractivity contribution >= 4 is 29.6 Å². The normalized spacial score (nSPS) is 12.3. The number of benzene rings is 2. The van der Waals surface area contributed by atoms with Crippen LogP contribution in [0.2, 0.25) is 0 Å². The molecule has 1 N–H and O–H groups in total. The van der Waals surface area contributed by atoms with Gasteiger partial charge in [0, 0.05) is 5.56 Å². The van der Waals surface area contributed by atoms with Crippen molar-refractivity contribution in [2.24, 2.45) is 0 Å². The average Bonchev–Trinajstić information content (AvgIpc) is 3.45. The molecule has 0 unspecified atom stereocenters. The molecule has 2 heterocycles. The molecule has 10 heteroatoms.